The Balaban J connectivity index is 1.78. The molecule has 26 heavy (non-hydrogen) atoms. The summed E-state index contributed by atoms with van der Waals surface area (Å²) in [6, 6.07) is 9.18. The number of allylic oxidation sites excluding steroid dienone is 1. The molecule has 2 aromatic carbocycles. The summed E-state index contributed by atoms with van der Waals surface area (Å²) in [6.07, 6.45) is 3.00. The minimum atomic E-state index is -3.52. The number of carbonyl (C=O) groups excluding carboxylic acids is 1. The Kier molecular flexibility index (Phi) is 5.04. The van der Waals surface area contributed by atoms with Crippen molar-refractivity contribution in [1.29, 1.82) is 0 Å². The van der Waals surface area contributed by atoms with Crippen molar-refractivity contribution in [3.05, 3.63) is 58.6 Å². The zero-order chi connectivity index (χ0) is 18.9. The highest BCUT2D eigenvalue weighted by molar-refractivity contribution is 7.89. The average Bonchev–Trinajstić information content (AvgIpc) is 3.09. The van der Waals surface area contributed by atoms with Crippen molar-refractivity contribution in [3.8, 4) is 11.5 Å². The highest BCUT2D eigenvalue weighted by Gasteiger charge is 2.18. The SMILES string of the molecule is CN(C)S(=O)(=O)c1ccc(C(=O)/C=C\c2cc(Cl)c3c(c2)OCO3)cc1. The van der Waals surface area contributed by atoms with Crippen LogP contribution >= 0.6 is 11.6 Å². The molecule has 0 unspecified atom stereocenters. The Morgan fingerprint density at radius 3 is 2.50 bits per heavy atom. The molecule has 1 heterocycles. The molecule has 2 aromatic rings. The van der Waals surface area contributed by atoms with E-state index in [1.165, 1.54) is 44.4 Å². The molecular weight excluding hydrogens is 378 g/mol. The number of ketones is 1. The molecule has 8 heteroatoms. The van der Waals surface area contributed by atoms with E-state index < -0.39 is 10.0 Å². The molecule has 3 rings (SSSR count). The first-order valence-corrected chi connectivity index (χ1v) is 9.45. The van der Waals surface area contributed by atoms with Gasteiger partial charge < -0.3 is 9.47 Å². The largest absolute Gasteiger partial charge is 0.454 e. The van der Waals surface area contributed by atoms with Gasteiger partial charge in [0, 0.05) is 19.7 Å². The van der Waals surface area contributed by atoms with Gasteiger partial charge in [0.15, 0.2) is 17.3 Å². The van der Waals surface area contributed by atoms with Crippen LogP contribution in [-0.2, 0) is 10.0 Å². The van der Waals surface area contributed by atoms with Gasteiger partial charge in [-0.1, -0.05) is 17.7 Å². The number of benzene rings is 2. The second-order valence-corrected chi connectivity index (χ2v) is 8.30. The Hall–Kier alpha value is -2.35. The third-order valence-corrected chi connectivity index (χ3v) is 5.90. The standard InChI is InChI=1S/C18H16ClNO5S/c1-20(2)26(22,23)14-6-4-13(5-7-14)16(21)8-3-12-9-15(19)18-17(10-12)24-11-25-18/h3-10H,11H2,1-2H3/b8-3-. The van der Waals surface area contributed by atoms with Gasteiger partial charge in [0.05, 0.1) is 9.92 Å². The maximum Gasteiger partial charge on any atom is 0.242 e. The van der Waals surface area contributed by atoms with Gasteiger partial charge >= 0.3 is 0 Å². The molecule has 0 aromatic heterocycles. The fourth-order valence-corrected chi connectivity index (χ4v) is 3.53. The smallest absolute Gasteiger partial charge is 0.242 e. The van der Waals surface area contributed by atoms with E-state index in [0.717, 1.165) is 4.31 Å². The van der Waals surface area contributed by atoms with Crippen LogP contribution < -0.4 is 9.47 Å². The summed E-state index contributed by atoms with van der Waals surface area (Å²) >= 11 is 6.11. The van der Waals surface area contributed by atoms with E-state index in [2.05, 4.69) is 0 Å². The number of carbonyl (C=O) groups is 1. The van der Waals surface area contributed by atoms with Crippen LogP contribution in [0, 0.1) is 0 Å². The lowest BCUT2D eigenvalue weighted by atomic mass is 10.1. The molecule has 0 saturated carbocycles. The van der Waals surface area contributed by atoms with Gasteiger partial charge in [-0.3, -0.25) is 4.79 Å². The van der Waals surface area contributed by atoms with Crippen molar-refractivity contribution in [2.45, 2.75) is 4.90 Å². The van der Waals surface area contributed by atoms with E-state index in [1.807, 2.05) is 0 Å². The molecule has 0 saturated heterocycles. The van der Waals surface area contributed by atoms with Crippen molar-refractivity contribution in [3.63, 3.8) is 0 Å². The number of ether oxygens (including phenoxy) is 2. The number of hydrogen-bond acceptors (Lipinski definition) is 5. The average molecular weight is 394 g/mol. The van der Waals surface area contributed by atoms with Gasteiger partial charge in [-0.25, -0.2) is 12.7 Å². The molecule has 0 bridgehead atoms. The number of sulfonamides is 1. The third-order valence-electron chi connectivity index (χ3n) is 3.79. The van der Waals surface area contributed by atoms with E-state index in [0.29, 0.717) is 27.6 Å². The number of hydrogen-bond donors (Lipinski definition) is 0. The van der Waals surface area contributed by atoms with Crippen LogP contribution in [-0.4, -0.2) is 39.4 Å². The predicted molar refractivity (Wildman–Crippen MR) is 98.3 cm³/mol. The fraction of sp³-hybridized carbons (Fsp3) is 0.167. The van der Waals surface area contributed by atoms with Crippen LogP contribution in [0.5, 0.6) is 11.5 Å². The first-order chi connectivity index (χ1) is 12.3. The molecule has 136 valence electrons. The summed E-state index contributed by atoms with van der Waals surface area (Å²) in [5, 5.41) is 0.408. The minimum absolute atomic E-state index is 0.114. The van der Waals surface area contributed by atoms with Crippen molar-refractivity contribution in [1.82, 2.24) is 4.31 Å². The summed E-state index contributed by atoms with van der Waals surface area (Å²) in [7, 11) is -0.618. The molecule has 0 spiro atoms. The van der Waals surface area contributed by atoms with E-state index in [-0.39, 0.29) is 17.5 Å². The predicted octanol–water partition coefficient (Wildman–Crippen LogP) is 3.22. The number of halogens is 1. The Morgan fingerprint density at radius 2 is 1.85 bits per heavy atom. The van der Waals surface area contributed by atoms with E-state index in [1.54, 1.807) is 18.2 Å². The summed E-state index contributed by atoms with van der Waals surface area (Å²) in [6.45, 7) is 0.114. The second-order valence-electron chi connectivity index (χ2n) is 5.75. The first kappa shape index (κ1) is 18.4. The lowest BCUT2D eigenvalue weighted by Crippen LogP contribution is -2.22. The zero-order valence-electron chi connectivity index (χ0n) is 14.1. The van der Waals surface area contributed by atoms with E-state index >= 15 is 0 Å². The van der Waals surface area contributed by atoms with Gasteiger partial charge in [-0.2, -0.15) is 0 Å². The van der Waals surface area contributed by atoms with Crippen LogP contribution in [0.1, 0.15) is 15.9 Å². The number of rotatable bonds is 5. The molecule has 1 aliphatic heterocycles. The van der Waals surface area contributed by atoms with Gasteiger partial charge in [0.1, 0.15) is 0 Å². The lowest BCUT2D eigenvalue weighted by Gasteiger charge is -2.11. The highest BCUT2D eigenvalue weighted by Crippen LogP contribution is 2.40. The van der Waals surface area contributed by atoms with E-state index in [4.69, 9.17) is 21.1 Å². The van der Waals surface area contributed by atoms with Crippen molar-refractivity contribution < 1.29 is 22.7 Å². The second kappa shape index (κ2) is 7.11. The van der Waals surface area contributed by atoms with Crippen LogP contribution in [0.3, 0.4) is 0 Å². The molecule has 0 amide bonds. The summed E-state index contributed by atoms with van der Waals surface area (Å²) in [4.78, 5) is 12.4. The zero-order valence-corrected chi connectivity index (χ0v) is 15.7. The van der Waals surface area contributed by atoms with Crippen LogP contribution in [0.15, 0.2) is 47.4 Å². The monoisotopic (exact) mass is 393 g/mol. The van der Waals surface area contributed by atoms with Crippen molar-refractivity contribution in [2.24, 2.45) is 0 Å². The lowest BCUT2D eigenvalue weighted by molar-refractivity contribution is 0.104. The van der Waals surface area contributed by atoms with Gasteiger partial charge in [-0.05, 0) is 48.0 Å². The van der Waals surface area contributed by atoms with Crippen LogP contribution in [0.25, 0.3) is 6.08 Å². The maximum atomic E-state index is 12.3. The Morgan fingerprint density at radius 1 is 1.15 bits per heavy atom. The highest BCUT2D eigenvalue weighted by atomic mass is 35.5. The molecule has 1 aliphatic rings. The molecule has 6 nitrogen and oxygen atoms in total. The number of nitrogens with zero attached hydrogens (tertiary/aromatic N) is 1. The fourth-order valence-electron chi connectivity index (χ4n) is 2.35. The third kappa shape index (κ3) is 3.60. The van der Waals surface area contributed by atoms with Gasteiger partial charge in [0.25, 0.3) is 0 Å². The Labute approximate surface area is 156 Å². The van der Waals surface area contributed by atoms with Crippen molar-refractivity contribution in [2.75, 3.05) is 20.9 Å². The van der Waals surface area contributed by atoms with Gasteiger partial charge in [0.2, 0.25) is 16.8 Å². The normalized spacial score (nSPS) is 13.5. The summed E-state index contributed by atoms with van der Waals surface area (Å²) < 4.78 is 35.7. The van der Waals surface area contributed by atoms with Gasteiger partial charge in [-0.15, -0.1) is 0 Å². The van der Waals surface area contributed by atoms with Crippen LogP contribution in [0.2, 0.25) is 5.02 Å². The maximum absolute atomic E-state index is 12.3. The first-order valence-electron chi connectivity index (χ1n) is 7.63. The Bertz CT molecular complexity index is 981. The molecule has 0 radical (unpaired) electrons. The quantitative estimate of drug-likeness (QED) is 0.576. The topological polar surface area (TPSA) is 72.9 Å². The summed E-state index contributed by atoms with van der Waals surface area (Å²) in [5.41, 5.74) is 1.07. The molecule has 0 aliphatic carbocycles. The minimum Gasteiger partial charge on any atom is -0.454 e. The van der Waals surface area contributed by atoms with E-state index in [9.17, 15) is 13.2 Å². The molecule has 0 N–H and O–H groups in total. The molecule has 0 fully saturated rings. The molecular formula is C18H16ClNO5S. The van der Waals surface area contributed by atoms with Crippen LogP contribution in [0.4, 0.5) is 0 Å². The number of fused-ring (bicyclic) bond motifs is 1. The summed E-state index contributed by atoms with van der Waals surface area (Å²) in [5.74, 6) is 0.767. The van der Waals surface area contributed by atoms with Crippen molar-refractivity contribution >= 4 is 33.5 Å². The molecule has 0 atom stereocenters.